The number of hydrogen-bond acceptors (Lipinski definition) is 2. The van der Waals surface area contributed by atoms with E-state index in [0.29, 0.717) is 6.07 Å². The van der Waals surface area contributed by atoms with Gasteiger partial charge in [-0.1, -0.05) is 18.2 Å². The molecule has 0 aliphatic heterocycles. The number of rotatable bonds is 2. The predicted octanol–water partition coefficient (Wildman–Crippen LogP) is -1.35. The van der Waals surface area contributed by atoms with Crippen LogP contribution in [0.2, 0.25) is 0 Å². The minimum absolute atomic E-state index is 0. The van der Waals surface area contributed by atoms with E-state index in [1.54, 1.807) is 0 Å². The van der Waals surface area contributed by atoms with E-state index in [1.807, 2.05) is 0 Å². The Bertz CT molecular complexity index is 344. The monoisotopic (exact) mass is 229 g/mol. The molecule has 14 heavy (non-hydrogen) atoms. The Morgan fingerprint density at radius 1 is 1.21 bits per heavy atom. The molecule has 0 radical (unpaired) electrons. The van der Waals surface area contributed by atoms with Crippen LogP contribution in [0, 0.1) is 10.1 Å². The summed E-state index contributed by atoms with van der Waals surface area (Å²) in [6.45, 7) is -5.31. The molecule has 1 rings (SSSR count). The third-order valence-electron chi connectivity index (χ3n) is 1.49. The summed E-state index contributed by atoms with van der Waals surface area (Å²) >= 11 is 0. The summed E-state index contributed by atoms with van der Waals surface area (Å²) in [5.74, 6) is 0. The fourth-order valence-corrected chi connectivity index (χ4v) is 0.931. The normalized spacial score (nSPS) is 10.5. The van der Waals surface area contributed by atoms with Gasteiger partial charge in [0.15, 0.2) is 0 Å². The van der Waals surface area contributed by atoms with Crippen LogP contribution in [-0.2, 0) is 0 Å². The van der Waals surface area contributed by atoms with Gasteiger partial charge in [-0.15, -0.1) is 0 Å². The van der Waals surface area contributed by atoms with Gasteiger partial charge in [-0.2, -0.15) is 0 Å². The van der Waals surface area contributed by atoms with Gasteiger partial charge in [-0.05, 0) is 5.46 Å². The van der Waals surface area contributed by atoms with Crippen LogP contribution < -0.4 is 56.8 Å². The first-order valence-electron chi connectivity index (χ1n) is 3.36. The van der Waals surface area contributed by atoms with Gasteiger partial charge in [-0.3, -0.25) is 10.1 Å². The summed E-state index contributed by atoms with van der Waals surface area (Å²) < 4.78 is 36.5. The van der Waals surface area contributed by atoms with Crippen molar-refractivity contribution in [3.05, 3.63) is 34.4 Å². The van der Waals surface area contributed by atoms with Crippen molar-refractivity contribution in [1.29, 1.82) is 0 Å². The Hall–Kier alpha value is 0.111. The average Bonchev–Trinajstić information content (AvgIpc) is 2.03. The van der Waals surface area contributed by atoms with Gasteiger partial charge in [0, 0.05) is 6.07 Å². The molecule has 0 aliphatic carbocycles. The van der Waals surface area contributed by atoms with E-state index in [4.69, 9.17) is 0 Å². The molecular formula is C6H4BF3KNO2. The number of nitrogens with zero attached hydrogens (tertiary/aromatic N) is 1. The van der Waals surface area contributed by atoms with Gasteiger partial charge >= 0.3 is 58.4 Å². The summed E-state index contributed by atoms with van der Waals surface area (Å²) in [7, 11) is 0. The van der Waals surface area contributed by atoms with E-state index in [0.717, 1.165) is 12.1 Å². The topological polar surface area (TPSA) is 43.1 Å². The number of nitro groups is 1. The summed E-state index contributed by atoms with van der Waals surface area (Å²) in [5.41, 5.74) is -2.05. The van der Waals surface area contributed by atoms with Gasteiger partial charge in [0.2, 0.25) is 5.69 Å². The van der Waals surface area contributed by atoms with E-state index in [2.05, 4.69) is 0 Å². The van der Waals surface area contributed by atoms with Crippen LogP contribution in [0.1, 0.15) is 0 Å². The third kappa shape index (κ3) is 3.35. The third-order valence-corrected chi connectivity index (χ3v) is 1.49. The minimum atomic E-state index is -5.31. The Balaban J connectivity index is 0.00000169. The van der Waals surface area contributed by atoms with Crippen LogP contribution in [0.5, 0.6) is 0 Å². The van der Waals surface area contributed by atoms with E-state index in [9.17, 15) is 23.1 Å². The number of hydrogen-bond donors (Lipinski definition) is 0. The van der Waals surface area contributed by atoms with Gasteiger partial charge < -0.3 is 12.9 Å². The van der Waals surface area contributed by atoms with Gasteiger partial charge in [-0.25, -0.2) is 0 Å². The van der Waals surface area contributed by atoms with Crippen LogP contribution in [-0.4, -0.2) is 11.9 Å². The Kier molecular flexibility index (Phi) is 5.31. The van der Waals surface area contributed by atoms with E-state index >= 15 is 0 Å². The predicted molar refractivity (Wildman–Crippen MR) is 41.8 cm³/mol. The zero-order valence-corrected chi connectivity index (χ0v) is 10.4. The van der Waals surface area contributed by atoms with Gasteiger partial charge in [0.25, 0.3) is 0 Å². The second kappa shape index (κ2) is 5.27. The van der Waals surface area contributed by atoms with Crippen LogP contribution >= 0.6 is 0 Å². The van der Waals surface area contributed by atoms with Crippen LogP contribution in [0.3, 0.4) is 0 Å². The Morgan fingerprint density at radius 3 is 2.07 bits per heavy atom. The van der Waals surface area contributed by atoms with Crippen molar-refractivity contribution in [1.82, 2.24) is 0 Å². The number of benzene rings is 1. The molecule has 0 bridgehead atoms. The molecule has 0 spiro atoms. The van der Waals surface area contributed by atoms with E-state index in [-0.39, 0.29) is 51.4 Å². The second-order valence-electron chi connectivity index (χ2n) is 2.39. The van der Waals surface area contributed by atoms with Crippen LogP contribution in [0.4, 0.5) is 18.6 Å². The van der Waals surface area contributed by atoms with Crippen molar-refractivity contribution in [2.24, 2.45) is 0 Å². The molecule has 0 atom stereocenters. The zero-order chi connectivity index (χ0) is 10.1. The maximum atomic E-state index is 12.2. The molecule has 8 heteroatoms. The molecule has 0 heterocycles. The van der Waals surface area contributed by atoms with Crippen molar-refractivity contribution in [3.63, 3.8) is 0 Å². The molecule has 0 fully saturated rings. The molecule has 0 saturated carbocycles. The Labute approximate surface area is 120 Å². The molecule has 0 unspecified atom stereocenters. The maximum absolute atomic E-state index is 12.2. The summed E-state index contributed by atoms with van der Waals surface area (Å²) in [4.78, 5) is 9.15. The fraction of sp³-hybridized carbons (Fsp3) is 0. The van der Waals surface area contributed by atoms with Crippen LogP contribution in [0.25, 0.3) is 0 Å². The van der Waals surface area contributed by atoms with E-state index < -0.39 is 23.1 Å². The summed E-state index contributed by atoms with van der Waals surface area (Å²) in [5, 5.41) is 10.2. The molecular weight excluding hydrogens is 225 g/mol. The van der Waals surface area contributed by atoms with Gasteiger partial charge in [0.05, 0.1) is 4.92 Å². The quantitative estimate of drug-likeness (QED) is 0.357. The number of nitro benzene ring substituents is 1. The van der Waals surface area contributed by atoms with Crippen molar-refractivity contribution in [2.45, 2.75) is 0 Å². The van der Waals surface area contributed by atoms with Crippen molar-refractivity contribution in [2.75, 3.05) is 0 Å². The second-order valence-corrected chi connectivity index (χ2v) is 2.39. The molecule has 0 aromatic heterocycles. The van der Waals surface area contributed by atoms with Crippen LogP contribution in [0.15, 0.2) is 24.3 Å². The first kappa shape index (κ1) is 14.1. The average molecular weight is 229 g/mol. The summed E-state index contributed by atoms with van der Waals surface area (Å²) in [6, 6.07) is 3.86. The molecule has 70 valence electrons. The molecule has 0 N–H and O–H groups in total. The van der Waals surface area contributed by atoms with Gasteiger partial charge in [0.1, 0.15) is 0 Å². The minimum Gasteiger partial charge on any atom is -0.445 e. The van der Waals surface area contributed by atoms with Crippen molar-refractivity contribution >= 4 is 18.1 Å². The SMILES string of the molecule is O=[N+]([O-])c1ccccc1[B-](F)(F)F.[K+]. The molecule has 1 aromatic carbocycles. The molecule has 3 nitrogen and oxygen atoms in total. The number of para-hydroxylation sites is 1. The van der Waals surface area contributed by atoms with E-state index in [1.165, 1.54) is 6.07 Å². The number of halogens is 3. The molecule has 1 aromatic rings. The maximum Gasteiger partial charge on any atom is 1.00 e. The first-order valence-corrected chi connectivity index (χ1v) is 3.36. The Morgan fingerprint density at radius 2 is 1.71 bits per heavy atom. The fourth-order valence-electron chi connectivity index (χ4n) is 0.931. The molecule has 0 amide bonds. The standard InChI is InChI=1S/C6H4BF3NO2.K/c8-7(9,10)5-3-1-2-4-6(5)11(12)13;/h1-4H;/q-1;+1. The molecule has 0 saturated heterocycles. The molecule has 0 aliphatic rings. The first-order chi connectivity index (χ1) is 5.93. The smallest absolute Gasteiger partial charge is 0.445 e. The van der Waals surface area contributed by atoms with Crippen molar-refractivity contribution in [3.8, 4) is 0 Å². The van der Waals surface area contributed by atoms with Crippen molar-refractivity contribution < 1.29 is 69.3 Å². The zero-order valence-electron chi connectivity index (χ0n) is 7.28. The summed E-state index contributed by atoms with van der Waals surface area (Å²) in [6.07, 6.45) is 0. The largest absolute Gasteiger partial charge is 1.00 e.